The Bertz CT molecular complexity index is 1290. The molecule has 8 nitrogen and oxygen atoms in total. The van der Waals surface area contributed by atoms with Gasteiger partial charge in [0.1, 0.15) is 23.0 Å². The Morgan fingerprint density at radius 2 is 1.70 bits per heavy atom. The van der Waals surface area contributed by atoms with Gasteiger partial charge in [-0.15, -0.1) is 0 Å². The normalized spacial score (nSPS) is 15.2. The Labute approximate surface area is 171 Å². The first-order valence-corrected chi connectivity index (χ1v) is 8.97. The molecule has 0 spiro atoms. The van der Waals surface area contributed by atoms with Crippen LogP contribution in [0.1, 0.15) is 17.0 Å². The van der Waals surface area contributed by atoms with Crippen molar-refractivity contribution in [2.24, 2.45) is 5.73 Å². The summed E-state index contributed by atoms with van der Waals surface area (Å²) in [5.74, 6) is 0.504. The lowest BCUT2D eigenvalue weighted by Crippen LogP contribution is -2.26. The first-order chi connectivity index (χ1) is 14.5. The molecule has 0 saturated carbocycles. The number of hydrogen-bond donors (Lipinski definition) is 1. The van der Waals surface area contributed by atoms with Gasteiger partial charge in [-0.2, -0.15) is 5.26 Å². The van der Waals surface area contributed by atoms with Crippen molar-refractivity contribution in [2.45, 2.75) is 5.92 Å². The third kappa shape index (κ3) is 2.79. The molecule has 0 unspecified atom stereocenters. The van der Waals surface area contributed by atoms with Gasteiger partial charge in [0.15, 0.2) is 17.2 Å². The van der Waals surface area contributed by atoms with Crippen LogP contribution < -0.4 is 30.3 Å². The molecule has 4 rings (SSSR count). The van der Waals surface area contributed by atoms with Crippen LogP contribution in [0.3, 0.4) is 0 Å². The van der Waals surface area contributed by atoms with Gasteiger partial charge in [-0.25, -0.2) is 4.79 Å². The topological polar surface area (TPSA) is 117 Å². The zero-order chi connectivity index (χ0) is 21.4. The highest BCUT2D eigenvalue weighted by Crippen LogP contribution is 2.48. The number of fused-ring (bicyclic) bond motifs is 3. The molecule has 1 aromatic heterocycles. The Morgan fingerprint density at radius 1 is 1.03 bits per heavy atom. The van der Waals surface area contributed by atoms with Gasteiger partial charge in [0.2, 0.25) is 5.88 Å². The Morgan fingerprint density at radius 3 is 2.37 bits per heavy atom. The largest absolute Gasteiger partial charge is 0.496 e. The number of nitrogens with zero attached hydrogens (tertiary/aromatic N) is 1. The molecule has 0 radical (unpaired) electrons. The van der Waals surface area contributed by atoms with E-state index in [1.807, 2.05) is 0 Å². The molecular formula is C22H18N2O6. The number of ether oxygens (including phenoxy) is 4. The zero-order valence-electron chi connectivity index (χ0n) is 16.5. The molecule has 8 heteroatoms. The lowest BCUT2D eigenvalue weighted by molar-refractivity contribution is 0.346. The van der Waals surface area contributed by atoms with E-state index in [2.05, 4.69) is 6.07 Å². The predicted molar refractivity (Wildman–Crippen MR) is 108 cm³/mol. The van der Waals surface area contributed by atoms with Crippen LogP contribution in [0.5, 0.6) is 23.0 Å². The molecule has 1 atom stereocenters. The summed E-state index contributed by atoms with van der Waals surface area (Å²) in [5.41, 5.74) is 6.53. The number of nitriles is 1. The predicted octanol–water partition coefficient (Wildman–Crippen LogP) is 3.04. The minimum absolute atomic E-state index is 0.0654. The molecule has 1 aliphatic rings. The molecule has 2 N–H and O–H groups in total. The van der Waals surface area contributed by atoms with Crippen LogP contribution in [0, 0.1) is 11.3 Å². The van der Waals surface area contributed by atoms with Gasteiger partial charge in [0.05, 0.1) is 38.2 Å². The third-order valence-corrected chi connectivity index (χ3v) is 5.02. The molecule has 30 heavy (non-hydrogen) atoms. The van der Waals surface area contributed by atoms with E-state index in [9.17, 15) is 10.1 Å². The van der Waals surface area contributed by atoms with E-state index in [0.717, 1.165) is 0 Å². The van der Waals surface area contributed by atoms with Gasteiger partial charge in [0, 0.05) is 11.6 Å². The number of benzene rings is 2. The van der Waals surface area contributed by atoms with Crippen molar-refractivity contribution < 1.29 is 23.4 Å². The molecule has 0 saturated heterocycles. The maximum Gasteiger partial charge on any atom is 0.344 e. The fourth-order valence-electron chi connectivity index (χ4n) is 3.66. The summed E-state index contributed by atoms with van der Waals surface area (Å²) >= 11 is 0. The van der Waals surface area contributed by atoms with E-state index in [4.69, 9.17) is 29.1 Å². The summed E-state index contributed by atoms with van der Waals surface area (Å²) in [7, 11) is 4.47. The van der Waals surface area contributed by atoms with Crippen molar-refractivity contribution in [2.75, 3.05) is 21.3 Å². The summed E-state index contributed by atoms with van der Waals surface area (Å²) in [6.07, 6.45) is 0. The van der Waals surface area contributed by atoms with Gasteiger partial charge < -0.3 is 29.1 Å². The number of para-hydroxylation sites is 1. The molecule has 2 aromatic carbocycles. The van der Waals surface area contributed by atoms with E-state index >= 15 is 0 Å². The molecule has 0 fully saturated rings. The fourth-order valence-corrected chi connectivity index (χ4v) is 3.66. The Balaban J connectivity index is 2.10. The third-order valence-electron chi connectivity index (χ3n) is 5.02. The van der Waals surface area contributed by atoms with Crippen molar-refractivity contribution in [3.8, 4) is 29.1 Å². The molecular weight excluding hydrogens is 388 g/mol. The summed E-state index contributed by atoms with van der Waals surface area (Å²) in [6, 6.07) is 12.3. The van der Waals surface area contributed by atoms with Crippen molar-refractivity contribution in [1.82, 2.24) is 0 Å². The van der Waals surface area contributed by atoms with Gasteiger partial charge in [-0.1, -0.05) is 12.1 Å². The Hall–Kier alpha value is -4.12. The number of rotatable bonds is 4. The average molecular weight is 406 g/mol. The van der Waals surface area contributed by atoms with E-state index in [0.29, 0.717) is 33.8 Å². The highest BCUT2D eigenvalue weighted by molar-refractivity contribution is 5.86. The second-order valence-corrected chi connectivity index (χ2v) is 6.50. The van der Waals surface area contributed by atoms with Gasteiger partial charge >= 0.3 is 5.63 Å². The van der Waals surface area contributed by atoms with Gasteiger partial charge in [0.25, 0.3) is 0 Å². The SMILES string of the molecule is COc1cc(OC)c([C@@H]2C(C#N)=C(N)Oc3c2c(=O)oc2ccccc32)cc1OC. The lowest BCUT2D eigenvalue weighted by Gasteiger charge is -2.27. The minimum atomic E-state index is -0.880. The first-order valence-electron chi connectivity index (χ1n) is 8.97. The Kier molecular flexibility index (Phi) is 4.72. The van der Waals surface area contributed by atoms with Crippen LogP contribution in [0.15, 0.2) is 57.1 Å². The quantitative estimate of drug-likeness (QED) is 0.657. The summed E-state index contributed by atoms with van der Waals surface area (Å²) in [4.78, 5) is 13.0. The second-order valence-electron chi connectivity index (χ2n) is 6.50. The van der Waals surface area contributed by atoms with Crippen molar-refractivity contribution >= 4 is 11.0 Å². The van der Waals surface area contributed by atoms with Crippen molar-refractivity contribution in [3.63, 3.8) is 0 Å². The van der Waals surface area contributed by atoms with Crippen molar-refractivity contribution in [3.05, 3.63) is 69.4 Å². The number of hydrogen-bond acceptors (Lipinski definition) is 8. The lowest BCUT2D eigenvalue weighted by atomic mass is 9.83. The van der Waals surface area contributed by atoms with Crippen LogP contribution in [0.4, 0.5) is 0 Å². The summed E-state index contributed by atoms with van der Waals surface area (Å²) < 4.78 is 27.5. The standard InChI is InChI=1S/C22H18N2O6/c1-26-15-9-17(28-3)16(27-2)8-12(15)18-13(10-23)21(24)30-20-11-6-4-5-7-14(11)29-22(25)19(18)20/h4-9,18H,24H2,1-3H3/t18-/m1/s1. The van der Waals surface area contributed by atoms with E-state index < -0.39 is 11.5 Å². The number of nitrogens with two attached hydrogens (primary N) is 1. The monoisotopic (exact) mass is 406 g/mol. The molecule has 0 aliphatic carbocycles. The fraction of sp³-hybridized carbons (Fsp3) is 0.182. The number of methoxy groups -OCH3 is 3. The second kappa shape index (κ2) is 7.37. The zero-order valence-corrected chi connectivity index (χ0v) is 16.5. The minimum Gasteiger partial charge on any atom is -0.496 e. The van der Waals surface area contributed by atoms with Crippen LogP contribution in [-0.4, -0.2) is 21.3 Å². The molecule has 0 amide bonds. The van der Waals surface area contributed by atoms with E-state index in [-0.39, 0.29) is 22.8 Å². The average Bonchev–Trinajstić information content (AvgIpc) is 2.77. The summed E-state index contributed by atoms with van der Waals surface area (Å²) in [6.45, 7) is 0. The van der Waals surface area contributed by atoms with Crippen LogP contribution >= 0.6 is 0 Å². The smallest absolute Gasteiger partial charge is 0.344 e. The van der Waals surface area contributed by atoms with E-state index in [1.165, 1.54) is 21.3 Å². The maximum absolute atomic E-state index is 13.0. The highest BCUT2D eigenvalue weighted by Gasteiger charge is 2.37. The van der Waals surface area contributed by atoms with Gasteiger partial charge in [-0.05, 0) is 18.2 Å². The molecule has 152 valence electrons. The molecule has 0 bridgehead atoms. The van der Waals surface area contributed by atoms with Gasteiger partial charge in [-0.3, -0.25) is 0 Å². The van der Waals surface area contributed by atoms with Crippen LogP contribution in [0.2, 0.25) is 0 Å². The van der Waals surface area contributed by atoms with Crippen LogP contribution in [-0.2, 0) is 0 Å². The molecule has 1 aliphatic heterocycles. The van der Waals surface area contributed by atoms with E-state index in [1.54, 1.807) is 36.4 Å². The maximum atomic E-state index is 13.0. The van der Waals surface area contributed by atoms with Crippen LogP contribution in [0.25, 0.3) is 11.0 Å². The molecule has 2 heterocycles. The summed E-state index contributed by atoms with van der Waals surface area (Å²) in [5, 5.41) is 10.4. The first kappa shape index (κ1) is 19.2. The van der Waals surface area contributed by atoms with Crippen molar-refractivity contribution in [1.29, 1.82) is 5.26 Å². The highest BCUT2D eigenvalue weighted by atomic mass is 16.5. The number of allylic oxidation sites excluding steroid dienone is 1. The molecule has 3 aromatic rings.